The Kier molecular flexibility index (Phi) is 9.90. The Balaban J connectivity index is 1.36. The fourth-order valence-corrected chi connectivity index (χ4v) is 7.38. The quantitative estimate of drug-likeness (QED) is 0.146. The van der Waals surface area contributed by atoms with Crippen LogP contribution in [0.25, 0.3) is 11.1 Å². The van der Waals surface area contributed by atoms with E-state index in [1.54, 1.807) is 34.1 Å². The van der Waals surface area contributed by atoms with Gasteiger partial charge < -0.3 is 24.5 Å². The van der Waals surface area contributed by atoms with Gasteiger partial charge in [-0.1, -0.05) is 66.2 Å². The molecule has 1 N–H and O–H groups in total. The van der Waals surface area contributed by atoms with E-state index < -0.39 is 66.6 Å². The predicted molar refractivity (Wildman–Crippen MR) is 198 cm³/mol. The van der Waals surface area contributed by atoms with Gasteiger partial charge in [-0.3, -0.25) is 4.79 Å². The highest BCUT2D eigenvalue weighted by Crippen LogP contribution is 2.41. The second kappa shape index (κ2) is 16.8. The number of ether oxygens (including phenoxy) is 1. The minimum absolute atomic E-state index is 0.0362. The summed E-state index contributed by atoms with van der Waals surface area (Å²) in [6.45, 7) is -0.455. The first kappa shape index (κ1) is 31.2. The van der Waals surface area contributed by atoms with Gasteiger partial charge in [-0.15, -0.1) is 11.8 Å². The van der Waals surface area contributed by atoms with E-state index in [1.807, 2.05) is 0 Å². The van der Waals surface area contributed by atoms with E-state index in [9.17, 15) is 31.9 Å². The monoisotopic (exact) mass is 757 g/mol. The van der Waals surface area contributed by atoms with Crippen LogP contribution in [0.4, 0.5) is 27.6 Å². The van der Waals surface area contributed by atoms with Crippen molar-refractivity contribution in [1.29, 1.82) is 0 Å². The van der Waals surface area contributed by atoms with Crippen molar-refractivity contribution in [3.05, 3.63) is 135 Å². The smallest absolute Gasteiger partial charge is 0.384 e. The van der Waals surface area contributed by atoms with E-state index in [0.717, 1.165) is 30.0 Å². The largest absolute Gasteiger partial charge is 0.416 e. The molecule has 1 atom stereocenters. The number of piperidine rings is 1. The number of likely N-dealkylation sites (tertiary alicyclic amines) is 1. The Morgan fingerprint density at radius 2 is 1.72 bits per heavy atom. The zero-order valence-corrected chi connectivity index (χ0v) is 29.9. The van der Waals surface area contributed by atoms with Crippen molar-refractivity contribution in [2.24, 2.45) is 0 Å². The molecule has 2 heterocycles. The van der Waals surface area contributed by atoms with Crippen molar-refractivity contribution < 1.29 is 44.8 Å². The van der Waals surface area contributed by atoms with E-state index >= 15 is 0 Å². The first-order valence-electron chi connectivity index (χ1n) is 20.0. The van der Waals surface area contributed by atoms with Crippen LogP contribution < -0.4 is 4.90 Å². The summed E-state index contributed by atoms with van der Waals surface area (Å²) in [4.78, 5) is 19.3. The summed E-state index contributed by atoms with van der Waals surface area (Å²) < 4.78 is 126. The molecule has 1 unspecified atom stereocenters. The number of amides is 1. The first-order valence-corrected chi connectivity index (χ1v) is 17.9. The van der Waals surface area contributed by atoms with E-state index in [2.05, 4.69) is 0 Å². The number of hydrogen-bond donors (Lipinski definition) is 1. The van der Waals surface area contributed by atoms with Gasteiger partial charge in [0.1, 0.15) is 12.6 Å². The van der Waals surface area contributed by atoms with Crippen LogP contribution in [0.1, 0.15) is 55.0 Å². The van der Waals surface area contributed by atoms with Crippen LogP contribution in [0.15, 0.2) is 95.9 Å². The maximum Gasteiger partial charge on any atom is 0.416 e. The summed E-state index contributed by atoms with van der Waals surface area (Å²) in [5.74, 6) is -2.94. The summed E-state index contributed by atoms with van der Waals surface area (Å²) in [7, 11) is 1.40. The minimum Gasteiger partial charge on any atom is -0.384 e. The van der Waals surface area contributed by atoms with Crippen molar-refractivity contribution in [3.8, 4) is 11.1 Å². The SMILES string of the molecule is [2H]C1=C(SCc2cccc(F)c2F)N(CC(=O)N(Cc2ccc(-c3ccc(C(F)(F)F)cc3)cc2)C2CCN(C([2H])([2H])COC)CC2)c2c([2H])c([2H])c(C)c([2H])c2C1O. The molecule has 4 aromatic carbocycles. The number of rotatable bonds is 12. The van der Waals surface area contributed by atoms with Gasteiger partial charge in [0.25, 0.3) is 0 Å². The molecule has 1 fully saturated rings. The number of hydrogen-bond acceptors (Lipinski definition) is 6. The molecule has 0 bridgehead atoms. The third kappa shape index (κ3) is 9.29. The van der Waals surface area contributed by atoms with Gasteiger partial charge in [0, 0.05) is 64.6 Å². The van der Waals surface area contributed by atoms with E-state index in [4.69, 9.17) is 13.0 Å². The van der Waals surface area contributed by atoms with E-state index in [1.165, 1.54) is 43.2 Å². The summed E-state index contributed by atoms with van der Waals surface area (Å²) in [6.07, 6.45) is -5.50. The number of aliphatic hydroxyl groups is 1. The average Bonchev–Trinajstić information content (AvgIpc) is 3.20. The fourth-order valence-electron chi connectivity index (χ4n) is 6.36. The molecule has 12 heteroatoms. The molecule has 0 radical (unpaired) electrons. The van der Waals surface area contributed by atoms with Gasteiger partial charge in [-0.25, -0.2) is 8.78 Å². The van der Waals surface area contributed by atoms with Crippen molar-refractivity contribution in [2.75, 3.05) is 44.7 Å². The lowest BCUT2D eigenvalue weighted by molar-refractivity contribution is -0.137. The normalized spacial score (nSPS) is 18.8. The minimum atomic E-state index is -4.48. The first-order chi connectivity index (χ1) is 27.8. The molecule has 2 aliphatic heterocycles. The van der Waals surface area contributed by atoms with Crippen LogP contribution in [-0.4, -0.2) is 66.7 Å². The zero-order valence-electron chi connectivity index (χ0n) is 35.1. The Morgan fingerprint density at radius 3 is 2.38 bits per heavy atom. The highest BCUT2D eigenvalue weighted by atomic mass is 32.2. The highest BCUT2D eigenvalue weighted by molar-refractivity contribution is 8.02. The lowest BCUT2D eigenvalue weighted by atomic mass is 9.99. The summed E-state index contributed by atoms with van der Waals surface area (Å²) in [5, 5.41) is 11.3. The van der Waals surface area contributed by atoms with Gasteiger partial charge >= 0.3 is 6.18 Å². The zero-order chi connectivity index (χ0) is 43.0. The number of benzene rings is 4. The number of methoxy groups -OCH3 is 1. The Labute approximate surface area is 319 Å². The Hall–Kier alpha value is -4.23. The molecule has 0 saturated carbocycles. The van der Waals surface area contributed by atoms with Crippen molar-refractivity contribution >= 4 is 23.4 Å². The molecule has 1 saturated heterocycles. The number of thioether (sulfide) groups is 1. The molecule has 53 heavy (non-hydrogen) atoms. The highest BCUT2D eigenvalue weighted by Gasteiger charge is 2.33. The second-order valence-corrected chi connectivity index (χ2v) is 13.8. The number of anilines is 1. The predicted octanol–water partition coefficient (Wildman–Crippen LogP) is 8.73. The number of aliphatic hydroxyl groups excluding tert-OH is 1. The van der Waals surface area contributed by atoms with Crippen LogP contribution in [0.5, 0.6) is 0 Å². The number of nitrogens with zero attached hydrogens (tertiary/aromatic N) is 3. The Bertz CT molecular complexity index is 2220. The molecule has 280 valence electrons. The Morgan fingerprint density at radius 1 is 1.04 bits per heavy atom. The van der Waals surface area contributed by atoms with Crippen LogP contribution >= 0.6 is 11.8 Å². The molecule has 6 rings (SSSR count). The third-order valence-electron chi connectivity index (χ3n) is 9.19. The van der Waals surface area contributed by atoms with Crippen molar-refractivity contribution in [2.45, 2.75) is 50.4 Å². The van der Waals surface area contributed by atoms with E-state index in [0.29, 0.717) is 29.5 Å². The average molecular weight is 758 g/mol. The fraction of sp³-hybridized carbons (Fsp3) is 0.341. The van der Waals surface area contributed by atoms with Crippen LogP contribution in [0, 0.1) is 18.6 Å². The van der Waals surface area contributed by atoms with Gasteiger partial charge in [-0.2, -0.15) is 13.2 Å². The molecule has 6 nitrogen and oxygen atoms in total. The molecule has 0 aromatic heterocycles. The lowest BCUT2D eigenvalue weighted by Gasteiger charge is -2.40. The molecule has 4 aromatic rings. The van der Waals surface area contributed by atoms with Gasteiger partial charge in [-0.05, 0) is 66.7 Å². The van der Waals surface area contributed by atoms with Crippen molar-refractivity contribution in [3.63, 3.8) is 0 Å². The number of fused-ring (bicyclic) bond motifs is 1. The topological polar surface area (TPSA) is 56.3 Å². The summed E-state index contributed by atoms with van der Waals surface area (Å²) in [6, 6.07) is 13.4. The van der Waals surface area contributed by atoms with Gasteiger partial charge in [0.2, 0.25) is 5.91 Å². The van der Waals surface area contributed by atoms with Crippen molar-refractivity contribution in [1.82, 2.24) is 9.80 Å². The maximum absolute atomic E-state index is 14.8. The van der Waals surface area contributed by atoms with Gasteiger partial charge in [0.15, 0.2) is 11.6 Å². The van der Waals surface area contributed by atoms with Crippen LogP contribution in [0.3, 0.4) is 0 Å². The number of halogens is 5. The third-order valence-corrected chi connectivity index (χ3v) is 10.3. The lowest BCUT2D eigenvalue weighted by Crippen LogP contribution is -2.50. The summed E-state index contributed by atoms with van der Waals surface area (Å²) >= 11 is 0.836. The van der Waals surface area contributed by atoms with E-state index in [-0.39, 0.29) is 71.5 Å². The van der Waals surface area contributed by atoms with Crippen LogP contribution in [-0.2, 0) is 28.0 Å². The maximum atomic E-state index is 14.8. The number of carbonyl (C=O) groups is 1. The molecular formula is C41H42F5N3O3S. The molecule has 2 aliphatic rings. The second-order valence-electron chi connectivity index (χ2n) is 12.8. The molecule has 0 aliphatic carbocycles. The van der Waals surface area contributed by atoms with Crippen LogP contribution in [0.2, 0.25) is 0 Å². The van der Waals surface area contributed by atoms with Gasteiger partial charge in [0.05, 0.1) is 22.7 Å². The molecule has 1 amide bonds. The standard InChI is InChI=1S/C41H42F5N3O3S/c1-27-6-15-36-34(22-27)37(50)23-39(53-26-31-4-3-5-35(42)40(31)43)49(36)25-38(51)48(33-16-18-47(19-17-33)20-21-52-2)24-28-7-9-29(10-8-28)30-11-13-32(14-12-30)41(44,45)46/h3-15,22-23,33,37,50H,16-21,24-26H2,1-2H3/i6D,15D,20D2,22D,23D. The number of carbonyl (C=O) groups excluding carboxylic acids is 1. The summed E-state index contributed by atoms with van der Waals surface area (Å²) in [5.41, 5.74) is 0.831. The molecule has 0 spiro atoms. The number of alkyl halides is 3. The molecular weight excluding hydrogens is 710 g/mol.